The molecule has 0 bridgehead atoms. The number of ether oxygens (including phenoxy) is 1. The number of nitrogens with one attached hydrogen (secondary N) is 2. The highest BCUT2D eigenvalue weighted by Gasteiger charge is 2.37. The molecule has 35 heavy (non-hydrogen) atoms. The molecule has 1 aromatic heterocycles. The Labute approximate surface area is 209 Å². The van der Waals surface area contributed by atoms with Gasteiger partial charge in [-0.05, 0) is 29.2 Å². The molecule has 0 spiro atoms. The van der Waals surface area contributed by atoms with E-state index >= 15 is 0 Å². The van der Waals surface area contributed by atoms with E-state index in [-0.39, 0.29) is 18.0 Å². The predicted molar refractivity (Wildman–Crippen MR) is 134 cm³/mol. The van der Waals surface area contributed by atoms with Gasteiger partial charge in [0, 0.05) is 18.3 Å². The lowest BCUT2D eigenvalue weighted by Gasteiger charge is -2.25. The second-order valence-corrected chi connectivity index (χ2v) is 11.4. The maximum atomic E-state index is 13.1. The van der Waals surface area contributed by atoms with E-state index in [0.717, 1.165) is 44.2 Å². The molecule has 1 aromatic rings. The maximum absolute atomic E-state index is 13.1. The summed E-state index contributed by atoms with van der Waals surface area (Å²) in [7, 11) is -0.792. The predicted octanol–water partition coefficient (Wildman–Crippen LogP) is 4.21. The van der Waals surface area contributed by atoms with Crippen molar-refractivity contribution in [1.82, 2.24) is 15.3 Å². The first-order chi connectivity index (χ1) is 16.9. The van der Waals surface area contributed by atoms with Crippen LogP contribution in [0.5, 0.6) is 0 Å². The molecule has 2 aliphatic rings. The SMILES string of the molecule is COC(=O)C(CC1CCCCC1)C[P+](=O)OC(CC1CCCCC1)NC(=O)[C@@H](N)Cc1cnc[nH]1. The third-order valence-corrected chi connectivity index (χ3v) is 8.63. The van der Waals surface area contributed by atoms with Crippen molar-refractivity contribution in [3.8, 4) is 0 Å². The summed E-state index contributed by atoms with van der Waals surface area (Å²) in [5.74, 6) is -0.290. The summed E-state index contributed by atoms with van der Waals surface area (Å²) in [6.45, 7) is 0. The van der Waals surface area contributed by atoms with Crippen molar-refractivity contribution in [3.63, 3.8) is 0 Å². The molecule has 196 valence electrons. The van der Waals surface area contributed by atoms with Gasteiger partial charge < -0.3 is 20.8 Å². The molecule has 9 nitrogen and oxygen atoms in total. The Morgan fingerprint density at radius 2 is 1.74 bits per heavy atom. The van der Waals surface area contributed by atoms with E-state index in [2.05, 4.69) is 15.3 Å². The molecule has 4 N–H and O–H groups in total. The molecule has 1 heterocycles. The zero-order valence-electron chi connectivity index (χ0n) is 21.0. The number of nitrogens with two attached hydrogens (primary N) is 1. The summed E-state index contributed by atoms with van der Waals surface area (Å²) in [5, 5.41) is 2.88. The minimum absolute atomic E-state index is 0.107. The molecule has 2 saturated carbocycles. The molecule has 0 aromatic carbocycles. The first-order valence-corrected chi connectivity index (χ1v) is 14.5. The van der Waals surface area contributed by atoms with Gasteiger partial charge in [0.05, 0.1) is 19.5 Å². The van der Waals surface area contributed by atoms with Gasteiger partial charge >= 0.3 is 14.0 Å². The fourth-order valence-corrected chi connectivity index (χ4v) is 6.61. The van der Waals surface area contributed by atoms with Crippen LogP contribution in [-0.4, -0.2) is 47.4 Å². The topological polar surface area (TPSA) is 136 Å². The lowest BCUT2D eigenvalue weighted by molar-refractivity contribution is -0.145. The fourth-order valence-electron chi connectivity index (χ4n) is 5.45. The number of aromatic amines is 1. The van der Waals surface area contributed by atoms with Crippen molar-refractivity contribution in [3.05, 3.63) is 18.2 Å². The number of hydrogen-bond donors (Lipinski definition) is 3. The molecule has 2 aliphatic carbocycles. The quantitative estimate of drug-likeness (QED) is 0.206. The Morgan fingerprint density at radius 3 is 2.31 bits per heavy atom. The standard InChI is InChI=1S/C25H41N4O5P/c1-33-25(31)20(12-18-8-4-2-5-9-18)16-35(32)34-23(13-19-10-6-3-7-11-19)29-24(30)22(26)14-21-15-27-17-28-21/h15,17-20,22-23H,2-14,16,26H2,1H3,(H-,27,28,29,30)/p+1/t20?,22-,23?/m0/s1. The number of hydrogen-bond acceptors (Lipinski definition) is 7. The molecule has 2 fully saturated rings. The summed E-state index contributed by atoms with van der Waals surface area (Å²) in [4.78, 5) is 32.2. The minimum Gasteiger partial charge on any atom is -0.469 e. The zero-order valence-corrected chi connectivity index (χ0v) is 21.8. The molecule has 4 atom stereocenters. The summed E-state index contributed by atoms with van der Waals surface area (Å²) in [5.41, 5.74) is 6.88. The van der Waals surface area contributed by atoms with Gasteiger partial charge in [0.25, 0.3) is 0 Å². The van der Waals surface area contributed by atoms with Crippen LogP contribution in [0.15, 0.2) is 12.5 Å². The highest BCUT2D eigenvalue weighted by atomic mass is 31.1. The number of nitrogens with zero attached hydrogens (tertiary/aromatic N) is 1. The van der Waals surface area contributed by atoms with Crippen molar-refractivity contribution < 1.29 is 23.4 Å². The third kappa shape index (κ3) is 9.62. The van der Waals surface area contributed by atoms with Gasteiger partial charge in [-0.1, -0.05) is 64.2 Å². The fraction of sp³-hybridized carbons (Fsp3) is 0.800. The molecule has 0 radical (unpaired) electrons. The molecule has 1 amide bonds. The average molecular weight is 510 g/mol. The highest BCUT2D eigenvalue weighted by Crippen LogP contribution is 2.36. The van der Waals surface area contributed by atoms with Crippen LogP contribution in [0.1, 0.15) is 82.7 Å². The van der Waals surface area contributed by atoms with E-state index in [1.165, 1.54) is 32.8 Å². The summed E-state index contributed by atoms with van der Waals surface area (Å²) < 4.78 is 24.0. The van der Waals surface area contributed by atoms with Gasteiger partial charge in [-0.2, -0.15) is 0 Å². The number of esters is 1. The van der Waals surface area contributed by atoms with E-state index in [1.54, 1.807) is 12.5 Å². The minimum atomic E-state index is -2.16. The Bertz CT molecular complexity index is 794. The number of carbonyl (C=O) groups is 2. The molecule has 3 rings (SSSR count). The number of rotatable bonds is 13. The van der Waals surface area contributed by atoms with Gasteiger partial charge in [-0.15, -0.1) is 4.52 Å². The van der Waals surface area contributed by atoms with E-state index in [0.29, 0.717) is 31.1 Å². The van der Waals surface area contributed by atoms with Crippen molar-refractivity contribution in [2.45, 2.75) is 95.7 Å². The van der Waals surface area contributed by atoms with Crippen LogP contribution in [0.2, 0.25) is 0 Å². The summed E-state index contributed by atoms with van der Waals surface area (Å²) >= 11 is 0. The van der Waals surface area contributed by atoms with Gasteiger partial charge in [0.2, 0.25) is 5.91 Å². The lowest BCUT2D eigenvalue weighted by atomic mass is 9.83. The molecule has 0 aliphatic heterocycles. The summed E-state index contributed by atoms with van der Waals surface area (Å²) in [6.07, 6.45) is 15.6. The number of carbonyl (C=O) groups excluding carboxylic acids is 2. The number of amides is 1. The first kappa shape index (κ1) is 27.8. The first-order valence-electron chi connectivity index (χ1n) is 13.2. The maximum Gasteiger partial charge on any atom is 0.511 e. The van der Waals surface area contributed by atoms with Crippen LogP contribution in [0, 0.1) is 17.8 Å². The normalized spacial score (nSPS) is 20.6. The van der Waals surface area contributed by atoms with Crippen molar-refractivity contribution in [2.75, 3.05) is 13.3 Å². The van der Waals surface area contributed by atoms with Crippen molar-refractivity contribution >= 4 is 19.9 Å². The number of imidazole rings is 1. The van der Waals surface area contributed by atoms with Gasteiger partial charge in [-0.3, -0.25) is 9.59 Å². The van der Waals surface area contributed by atoms with E-state index in [4.69, 9.17) is 15.0 Å². The molecule has 10 heteroatoms. The van der Waals surface area contributed by atoms with Crippen molar-refractivity contribution in [2.24, 2.45) is 23.5 Å². The van der Waals surface area contributed by atoms with Crippen LogP contribution < -0.4 is 11.1 Å². The van der Waals surface area contributed by atoms with Crippen molar-refractivity contribution in [1.29, 1.82) is 0 Å². The Morgan fingerprint density at radius 1 is 1.11 bits per heavy atom. The van der Waals surface area contributed by atoms with E-state index < -0.39 is 26.2 Å². The Balaban J connectivity index is 1.59. The monoisotopic (exact) mass is 509 g/mol. The molecular formula is C25H42N4O5P+. The van der Waals surface area contributed by atoms with Gasteiger partial charge in [0.1, 0.15) is 5.92 Å². The van der Waals surface area contributed by atoms with E-state index in [1.807, 2.05) is 0 Å². The molecule has 3 unspecified atom stereocenters. The van der Waals surface area contributed by atoms with E-state index in [9.17, 15) is 14.2 Å². The van der Waals surface area contributed by atoms with Crippen LogP contribution in [-0.2, 0) is 29.8 Å². The lowest BCUT2D eigenvalue weighted by Crippen LogP contribution is -2.47. The Kier molecular flexibility index (Phi) is 11.6. The zero-order chi connectivity index (χ0) is 25.0. The van der Waals surface area contributed by atoms with Gasteiger partial charge in [0.15, 0.2) is 12.4 Å². The largest absolute Gasteiger partial charge is 0.511 e. The summed E-state index contributed by atoms with van der Waals surface area (Å²) in [6, 6.07) is -0.778. The number of H-pyrrole nitrogens is 1. The smallest absolute Gasteiger partial charge is 0.469 e. The van der Waals surface area contributed by atoms with Crippen LogP contribution >= 0.6 is 8.03 Å². The van der Waals surface area contributed by atoms with Gasteiger partial charge in [-0.25, -0.2) is 4.98 Å². The van der Waals surface area contributed by atoms with Crippen LogP contribution in [0.4, 0.5) is 0 Å². The number of aromatic nitrogens is 2. The second-order valence-electron chi connectivity index (χ2n) is 10.2. The van der Waals surface area contributed by atoms with Crippen LogP contribution in [0.3, 0.4) is 0 Å². The average Bonchev–Trinajstić information content (AvgIpc) is 3.37. The second kappa shape index (κ2) is 14.7. The highest BCUT2D eigenvalue weighted by molar-refractivity contribution is 7.39. The number of methoxy groups -OCH3 is 1. The Hall–Kier alpha value is -1.83. The molecular weight excluding hydrogens is 467 g/mol. The third-order valence-electron chi connectivity index (χ3n) is 7.40. The molecule has 0 saturated heterocycles. The van der Waals surface area contributed by atoms with Crippen LogP contribution in [0.25, 0.3) is 0 Å².